The van der Waals surface area contributed by atoms with E-state index in [-0.39, 0.29) is 12.1 Å². The van der Waals surface area contributed by atoms with Crippen LogP contribution in [0.1, 0.15) is 38.0 Å². The van der Waals surface area contributed by atoms with E-state index in [4.69, 9.17) is 14.9 Å². The summed E-state index contributed by atoms with van der Waals surface area (Å²) in [5.74, 6) is 0.949. The molecule has 0 spiro atoms. The lowest BCUT2D eigenvalue weighted by Gasteiger charge is -2.32. The fraction of sp³-hybridized carbons (Fsp3) is 0.714. The molecule has 102 valence electrons. The van der Waals surface area contributed by atoms with Crippen LogP contribution in [-0.4, -0.2) is 37.2 Å². The maximum Gasteiger partial charge on any atom is 0.122 e. The largest absolute Gasteiger partial charge is 0.468 e. The number of furan rings is 1. The van der Waals surface area contributed by atoms with Gasteiger partial charge in [0.15, 0.2) is 0 Å². The zero-order valence-electron chi connectivity index (χ0n) is 11.3. The second kappa shape index (κ2) is 6.36. The van der Waals surface area contributed by atoms with Crippen molar-refractivity contribution in [1.82, 2.24) is 4.90 Å². The summed E-state index contributed by atoms with van der Waals surface area (Å²) in [6.07, 6.45) is 5.31. The average molecular weight is 252 g/mol. The standard InChI is InChI=1S/C14H24N2O2/c1-3-12(15)14(13-7-5-9-18-13)16(2)10-11-6-4-8-17-11/h5,7,9,11-12,14H,3-4,6,8,10,15H2,1-2H3. The molecule has 1 fully saturated rings. The highest BCUT2D eigenvalue weighted by molar-refractivity contribution is 5.07. The molecule has 1 aromatic rings. The lowest BCUT2D eigenvalue weighted by molar-refractivity contribution is 0.0584. The van der Waals surface area contributed by atoms with E-state index in [1.54, 1.807) is 6.26 Å². The van der Waals surface area contributed by atoms with Gasteiger partial charge in [0.05, 0.1) is 18.4 Å². The van der Waals surface area contributed by atoms with Crippen molar-refractivity contribution in [1.29, 1.82) is 0 Å². The molecule has 0 amide bonds. The van der Waals surface area contributed by atoms with Crippen LogP contribution in [0.15, 0.2) is 22.8 Å². The third-order valence-corrected chi connectivity index (χ3v) is 3.70. The summed E-state index contributed by atoms with van der Waals surface area (Å²) in [6, 6.07) is 4.15. The van der Waals surface area contributed by atoms with Crippen molar-refractivity contribution in [2.45, 2.75) is 44.4 Å². The van der Waals surface area contributed by atoms with E-state index in [1.165, 1.54) is 6.42 Å². The molecule has 3 unspecified atom stereocenters. The van der Waals surface area contributed by atoms with Crippen molar-refractivity contribution < 1.29 is 9.15 Å². The van der Waals surface area contributed by atoms with Gasteiger partial charge in [0.2, 0.25) is 0 Å². The van der Waals surface area contributed by atoms with E-state index >= 15 is 0 Å². The van der Waals surface area contributed by atoms with Gasteiger partial charge in [-0.1, -0.05) is 6.92 Å². The van der Waals surface area contributed by atoms with E-state index < -0.39 is 0 Å². The van der Waals surface area contributed by atoms with Crippen molar-refractivity contribution in [2.24, 2.45) is 5.73 Å². The van der Waals surface area contributed by atoms with Gasteiger partial charge in [-0.2, -0.15) is 0 Å². The monoisotopic (exact) mass is 252 g/mol. The fourth-order valence-electron chi connectivity index (χ4n) is 2.66. The molecule has 2 rings (SSSR count). The summed E-state index contributed by atoms with van der Waals surface area (Å²) < 4.78 is 11.2. The van der Waals surface area contributed by atoms with Crippen molar-refractivity contribution in [3.8, 4) is 0 Å². The van der Waals surface area contributed by atoms with Gasteiger partial charge in [-0.3, -0.25) is 4.90 Å². The molecular formula is C14H24N2O2. The van der Waals surface area contributed by atoms with E-state index in [0.717, 1.165) is 31.8 Å². The van der Waals surface area contributed by atoms with E-state index in [0.29, 0.717) is 6.10 Å². The third-order valence-electron chi connectivity index (χ3n) is 3.70. The zero-order valence-corrected chi connectivity index (χ0v) is 11.3. The predicted molar refractivity (Wildman–Crippen MR) is 71.3 cm³/mol. The smallest absolute Gasteiger partial charge is 0.122 e. The Morgan fingerprint density at radius 1 is 1.56 bits per heavy atom. The first-order valence-corrected chi connectivity index (χ1v) is 6.83. The van der Waals surface area contributed by atoms with Gasteiger partial charge in [0.25, 0.3) is 0 Å². The number of likely N-dealkylation sites (N-methyl/N-ethyl adjacent to an activating group) is 1. The molecule has 18 heavy (non-hydrogen) atoms. The topological polar surface area (TPSA) is 51.6 Å². The van der Waals surface area contributed by atoms with Gasteiger partial charge in [-0.15, -0.1) is 0 Å². The van der Waals surface area contributed by atoms with Gasteiger partial charge >= 0.3 is 0 Å². The van der Waals surface area contributed by atoms with Gasteiger partial charge in [0, 0.05) is 19.2 Å². The minimum absolute atomic E-state index is 0.0857. The Labute approximate surface area is 109 Å². The molecule has 3 atom stereocenters. The van der Waals surface area contributed by atoms with Gasteiger partial charge in [-0.05, 0) is 38.4 Å². The molecule has 0 aliphatic carbocycles. The van der Waals surface area contributed by atoms with Crippen LogP contribution in [0, 0.1) is 0 Å². The van der Waals surface area contributed by atoms with Crippen LogP contribution < -0.4 is 5.73 Å². The lowest BCUT2D eigenvalue weighted by Crippen LogP contribution is -2.41. The van der Waals surface area contributed by atoms with E-state index in [2.05, 4.69) is 18.9 Å². The molecule has 2 N–H and O–H groups in total. The Balaban J connectivity index is 2.03. The average Bonchev–Trinajstić information content (AvgIpc) is 3.02. The first-order chi connectivity index (χ1) is 8.72. The quantitative estimate of drug-likeness (QED) is 0.843. The highest BCUT2D eigenvalue weighted by Crippen LogP contribution is 2.26. The molecule has 0 saturated carbocycles. The first-order valence-electron chi connectivity index (χ1n) is 6.83. The summed E-state index contributed by atoms with van der Waals surface area (Å²) in [4.78, 5) is 2.27. The summed E-state index contributed by atoms with van der Waals surface area (Å²) >= 11 is 0. The van der Waals surface area contributed by atoms with Crippen molar-refractivity contribution in [2.75, 3.05) is 20.2 Å². The van der Waals surface area contributed by atoms with Gasteiger partial charge in [-0.25, -0.2) is 0 Å². The van der Waals surface area contributed by atoms with Crippen molar-refractivity contribution in [3.05, 3.63) is 24.2 Å². The molecule has 2 heterocycles. The predicted octanol–water partition coefficient (Wildman–Crippen LogP) is 2.17. The normalized spacial score (nSPS) is 23.4. The van der Waals surface area contributed by atoms with Crippen LogP contribution in [0.3, 0.4) is 0 Å². The van der Waals surface area contributed by atoms with Gasteiger partial charge < -0.3 is 14.9 Å². The minimum atomic E-state index is 0.0857. The number of nitrogens with zero attached hydrogens (tertiary/aromatic N) is 1. The maximum absolute atomic E-state index is 6.24. The highest BCUT2D eigenvalue weighted by atomic mass is 16.5. The SMILES string of the molecule is CCC(N)C(c1ccco1)N(C)CC1CCCO1. The lowest BCUT2D eigenvalue weighted by atomic mass is 10.0. The number of hydrogen-bond acceptors (Lipinski definition) is 4. The maximum atomic E-state index is 6.24. The number of nitrogens with two attached hydrogens (primary N) is 1. The van der Waals surface area contributed by atoms with Crippen LogP contribution in [0.4, 0.5) is 0 Å². The van der Waals surface area contributed by atoms with Gasteiger partial charge in [0.1, 0.15) is 5.76 Å². The Hall–Kier alpha value is -0.840. The van der Waals surface area contributed by atoms with Crippen LogP contribution in [-0.2, 0) is 4.74 Å². The molecule has 0 radical (unpaired) electrons. The molecule has 1 aliphatic heterocycles. The number of rotatable bonds is 6. The van der Waals surface area contributed by atoms with Crippen molar-refractivity contribution >= 4 is 0 Å². The molecule has 0 aromatic carbocycles. The third kappa shape index (κ3) is 3.13. The number of hydrogen-bond donors (Lipinski definition) is 1. The number of ether oxygens (including phenoxy) is 1. The minimum Gasteiger partial charge on any atom is -0.468 e. The molecule has 4 nitrogen and oxygen atoms in total. The first kappa shape index (κ1) is 13.6. The Kier molecular flexibility index (Phi) is 4.80. The molecule has 0 bridgehead atoms. The molecular weight excluding hydrogens is 228 g/mol. The zero-order chi connectivity index (χ0) is 13.0. The van der Waals surface area contributed by atoms with Crippen LogP contribution in [0.25, 0.3) is 0 Å². The van der Waals surface area contributed by atoms with Crippen LogP contribution in [0.5, 0.6) is 0 Å². The summed E-state index contributed by atoms with van der Waals surface area (Å²) in [5.41, 5.74) is 6.24. The van der Waals surface area contributed by atoms with E-state index in [9.17, 15) is 0 Å². The van der Waals surface area contributed by atoms with E-state index in [1.807, 2.05) is 12.1 Å². The molecule has 1 aliphatic rings. The summed E-state index contributed by atoms with van der Waals surface area (Å²) in [5, 5.41) is 0. The summed E-state index contributed by atoms with van der Waals surface area (Å²) in [6.45, 7) is 3.92. The van der Waals surface area contributed by atoms with Crippen molar-refractivity contribution in [3.63, 3.8) is 0 Å². The highest BCUT2D eigenvalue weighted by Gasteiger charge is 2.28. The Morgan fingerprint density at radius 2 is 2.39 bits per heavy atom. The Morgan fingerprint density at radius 3 is 2.94 bits per heavy atom. The molecule has 1 aromatic heterocycles. The van der Waals surface area contributed by atoms with Crippen LogP contribution in [0.2, 0.25) is 0 Å². The summed E-state index contributed by atoms with van der Waals surface area (Å²) in [7, 11) is 2.10. The fourth-order valence-corrected chi connectivity index (χ4v) is 2.66. The molecule has 1 saturated heterocycles. The van der Waals surface area contributed by atoms with Crippen LogP contribution >= 0.6 is 0 Å². The molecule has 4 heteroatoms. The second-order valence-corrected chi connectivity index (χ2v) is 5.11. The second-order valence-electron chi connectivity index (χ2n) is 5.11. The Bertz CT molecular complexity index is 334.